The number of aromatic hydroxyl groups is 1. The first kappa shape index (κ1) is 16.4. The first-order valence-corrected chi connectivity index (χ1v) is 6.39. The Balaban J connectivity index is 2.40. The van der Waals surface area contributed by atoms with Crippen molar-refractivity contribution in [3.63, 3.8) is 0 Å². The van der Waals surface area contributed by atoms with Gasteiger partial charge >= 0.3 is 0 Å². The normalized spacial score (nSPS) is 13.8. The second-order valence-electron chi connectivity index (χ2n) is 4.54. The van der Waals surface area contributed by atoms with Crippen LogP contribution in [0.2, 0.25) is 0 Å². The van der Waals surface area contributed by atoms with Crippen LogP contribution in [0.1, 0.15) is 5.56 Å². The van der Waals surface area contributed by atoms with E-state index >= 15 is 0 Å². The highest BCUT2D eigenvalue weighted by Crippen LogP contribution is 2.10. The third-order valence-corrected chi connectivity index (χ3v) is 2.92. The highest BCUT2D eigenvalue weighted by atomic mass is 16.5. The van der Waals surface area contributed by atoms with Crippen LogP contribution in [-0.4, -0.2) is 50.5 Å². The van der Waals surface area contributed by atoms with E-state index in [4.69, 9.17) is 15.2 Å². The van der Waals surface area contributed by atoms with Crippen molar-refractivity contribution in [2.24, 2.45) is 5.73 Å². The zero-order valence-corrected chi connectivity index (χ0v) is 11.8. The van der Waals surface area contributed by atoms with Crippen molar-refractivity contribution < 1.29 is 19.4 Å². The topological polar surface area (TPSA) is 93.8 Å². The van der Waals surface area contributed by atoms with Gasteiger partial charge < -0.3 is 25.6 Å². The average Bonchev–Trinajstić information content (AvgIpc) is 2.45. The summed E-state index contributed by atoms with van der Waals surface area (Å²) in [5.74, 6) is -0.0505. The van der Waals surface area contributed by atoms with Crippen LogP contribution in [0.3, 0.4) is 0 Å². The monoisotopic (exact) mass is 282 g/mol. The maximum atomic E-state index is 11.9. The Labute approximate surface area is 118 Å². The molecule has 2 unspecified atom stereocenters. The maximum Gasteiger partial charge on any atom is 0.237 e. The van der Waals surface area contributed by atoms with Crippen LogP contribution in [0.25, 0.3) is 0 Å². The summed E-state index contributed by atoms with van der Waals surface area (Å²) in [6.45, 7) is 0.760. The fourth-order valence-electron chi connectivity index (χ4n) is 1.72. The maximum absolute atomic E-state index is 11.9. The highest BCUT2D eigenvalue weighted by Gasteiger charge is 2.16. The molecule has 0 fully saturated rings. The lowest BCUT2D eigenvalue weighted by Crippen LogP contribution is -2.45. The molecule has 20 heavy (non-hydrogen) atoms. The van der Waals surface area contributed by atoms with Crippen LogP contribution in [0.5, 0.6) is 5.75 Å². The summed E-state index contributed by atoms with van der Waals surface area (Å²) in [4.78, 5) is 11.9. The minimum atomic E-state index is -0.639. The molecule has 1 aromatic rings. The predicted octanol–water partition coefficient (Wildman–Crippen LogP) is 0.0396. The Kier molecular flexibility index (Phi) is 7.00. The zero-order valence-electron chi connectivity index (χ0n) is 11.8. The number of methoxy groups -OCH3 is 2. The van der Waals surface area contributed by atoms with Crippen molar-refractivity contribution in [1.82, 2.24) is 5.32 Å². The van der Waals surface area contributed by atoms with Crippen LogP contribution in [-0.2, 0) is 20.7 Å². The number of rotatable bonds is 8. The molecule has 0 aromatic heterocycles. The average molecular weight is 282 g/mol. The zero-order chi connectivity index (χ0) is 15.0. The first-order valence-electron chi connectivity index (χ1n) is 6.39. The number of carbonyl (C=O) groups excluding carboxylic acids is 1. The van der Waals surface area contributed by atoms with Gasteiger partial charge in [-0.2, -0.15) is 0 Å². The Morgan fingerprint density at radius 2 is 2.00 bits per heavy atom. The summed E-state index contributed by atoms with van der Waals surface area (Å²) < 4.78 is 10.1. The number of ether oxygens (including phenoxy) is 2. The third-order valence-electron chi connectivity index (χ3n) is 2.92. The molecule has 0 aliphatic heterocycles. The molecular weight excluding hydrogens is 260 g/mol. The van der Waals surface area contributed by atoms with E-state index in [-0.39, 0.29) is 17.8 Å². The molecule has 1 rings (SSSR count). The fourth-order valence-corrected chi connectivity index (χ4v) is 1.72. The van der Waals surface area contributed by atoms with Gasteiger partial charge in [-0.15, -0.1) is 0 Å². The van der Waals surface area contributed by atoms with Crippen LogP contribution in [0, 0.1) is 0 Å². The second kappa shape index (κ2) is 8.52. The molecule has 0 spiro atoms. The molecule has 0 bridgehead atoms. The number of nitrogens with two attached hydrogens (primary N) is 1. The molecule has 112 valence electrons. The number of phenols is 1. The van der Waals surface area contributed by atoms with E-state index in [1.807, 2.05) is 0 Å². The lowest BCUT2D eigenvalue weighted by molar-refractivity contribution is -0.123. The molecule has 0 aliphatic carbocycles. The van der Waals surface area contributed by atoms with Crippen LogP contribution >= 0.6 is 0 Å². The molecule has 2 atom stereocenters. The van der Waals surface area contributed by atoms with E-state index in [1.54, 1.807) is 38.5 Å². The van der Waals surface area contributed by atoms with Gasteiger partial charge in [0.05, 0.1) is 18.8 Å². The Bertz CT molecular complexity index is 408. The van der Waals surface area contributed by atoms with Crippen molar-refractivity contribution in [3.05, 3.63) is 29.8 Å². The molecule has 0 aliphatic rings. The molecular formula is C14H22N2O4. The Morgan fingerprint density at radius 1 is 1.35 bits per heavy atom. The first-order chi connectivity index (χ1) is 9.56. The molecule has 6 nitrogen and oxygen atoms in total. The highest BCUT2D eigenvalue weighted by molar-refractivity contribution is 5.81. The summed E-state index contributed by atoms with van der Waals surface area (Å²) >= 11 is 0. The number of hydrogen-bond acceptors (Lipinski definition) is 5. The van der Waals surface area contributed by atoms with Crippen molar-refractivity contribution >= 4 is 5.91 Å². The van der Waals surface area contributed by atoms with Gasteiger partial charge in [-0.3, -0.25) is 4.79 Å². The Hall–Kier alpha value is -1.63. The lowest BCUT2D eigenvalue weighted by atomic mass is 10.1. The summed E-state index contributed by atoms with van der Waals surface area (Å²) in [6.07, 6.45) is 0.221. The van der Waals surface area contributed by atoms with Crippen LogP contribution in [0.15, 0.2) is 24.3 Å². The molecule has 0 saturated heterocycles. The third kappa shape index (κ3) is 5.56. The second-order valence-corrected chi connectivity index (χ2v) is 4.54. The number of amides is 1. The molecule has 6 heteroatoms. The largest absolute Gasteiger partial charge is 0.508 e. The summed E-state index contributed by atoms with van der Waals surface area (Å²) in [5, 5.41) is 11.9. The van der Waals surface area contributed by atoms with E-state index in [0.717, 1.165) is 5.56 Å². The van der Waals surface area contributed by atoms with E-state index in [1.165, 1.54) is 0 Å². The van der Waals surface area contributed by atoms with Crippen LogP contribution < -0.4 is 11.1 Å². The number of phenolic OH excluding ortho intramolecular Hbond substituents is 1. The van der Waals surface area contributed by atoms with Crippen molar-refractivity contribution in [1.29, 1.82) is 0 Å². The summed E-state index contributed by atoms with van der Waals surface area (Å²) in [5.41, 5.74) is 6.74. The van der Waals surface area contributed by atoms with Crippen molar-refractivity contribution in [3.8, 4) is 5.75 Å². The number of nitrogens with one attached hydrogen (secondary N) is 1. The van der Waals surface area contributed by atoms with Gasteiger partial charge in [-0.25, -0.2) is 0 Å². The molecule has 1 aromatic carbocycles. The van der Waals surface area contributed by atoms with Gasteiger partial charge in [0.2, 0.25) is 5.91 Å². The molecule has 1 amide bonds. The van der Waals surface area contributed by atoms with E-state index in [0.29, 0.717) is 19.6 Å². The summed E-state index contributed by atoms with van der Waals surface area (Å²) in [7, 11) is 3.14. The number of carbonyl (C=O) groups is 1. The van der Waals surface area contributed by atoms with Gasteiger partial charge in [0.15, 0.2) is 0 Å². The minimum Gasteiger partial charge on any atom is -0.508 e. The SMILES string of the molecule is COCC(CNC(=O)C(N)Cc1ccc(O)cc1)OC. The summed E-state index contributed by atoms with van der Waals surface area (Å²) in [6, 6.07) is 5.98. The van der Waals surface area contributed by atoms with Crippen LogP contribution in [0.4, 0.5) is 0 Å². The van der Waals surface area contributed by atoms with Crippen molar-refractivity contribution in [2.45, 2.75) is 18.6 Å². The molecule has 0 radical (unpaired) electrons. The van der Waals surface area contributed by atoms with Gasteiger partial charge in [0, 0.05) is 20.8 Å². The molecule has 0 heterocycles. The fraction of sp³-hybridized carbons (Fsp3) is 0.500. The van der Waals surface area contributed by atoms with Gasteiger partial charge in [0.25, 0.3) is 0 Å². The number of hydrogen-bond donors (Lipinski definition) is 3. The molecule has 4 N–H and O–H groups in total. The van der Waals surface area contributed by atoms with E-state index < -0.39 is 6.04 Å². The number of benzene rings is 1. The molecule has 0 saturated carbocycles. The van der Waals surface area contributed by atoms with Gasteiger partial charge in [-0.05, 0) is 24.1 Å². The van der Waals surface area contributed by atoms with E-state index in [9.17, 15) is 9.90 Å². The van der Waals surface area contributed by atoms with Crippen molar-refractivity contribution in [2.75, 3.05) is 27.4 Å². The quantitative estimate of drug-likeness (QED) is 0.626. The van der Waals surface area contributed by atoms with E-state index in [2.05, 4.69) is 5.32 Å². The lowest BCUT2D eigenvalue weighted by Gasteiger charge is -2.17. The Morgan fingerprint density at radius 3 is 2.55 bits per heavy atom. The predicted molar refractivity (Wildman–Crippen MR) is 75.5 cm³/mol. The minimum absolute atomic E-state index is 0.189. The smallest absolute Gasteiger partial charge is 0.237 e. The van der Waals surface area contributed by atoms with Gasteiger partial charge in [-0.1, -0.05) is 12.1 Å². The van der Waals surface area contributed by atoms with Gasteiger partial charge in [0.1, 0.15) is 5.75 Å². The standard InChI is InChI=1S/C14H22N2O4/c1-19-9-12(20-2)8-16-14(18)13(15)7-10-3-5-11(17)6-4-10/h3-6,12-13,17H,7-9,15H2,1-2H3,(H,16,18).